The molecule has 2 rings (SSSR count). The van der Waals surface area contributed by atoms with E-state index in [-0.39, 0.29) is 0 Å². The maximum atomic E-state index is 12.2. The van der Waals surface area contributed by atoms with E-state index in [1.165, 1.54) is 31.2 Å². The molecule has 0 bridgehead atoms. The van der Waals surface area contributed by atoms with Crippen molar-refractivity contribution in [1.29, 1.82) is 0 Å². The van der Waals surface area contributed by atoms with Crippen LogP contribution in [0, 0.1) is 0 Å². The van der Waals surface area contributed by atoms with Gasteiger partial charge in [0, 0.05) is 12.7 Å². The van der Waals surface area contributed by atoms with E-state index in [4.69, 9.17) is 4.74 Å². The molecule has 0 unspecified atom stereocenters. The van der Waals surface area contributed by atoms with Crippen LogP contribution >= 0.6 is 0 Å². The van der Waals surface area contributed by atoms with Crippen LogP contribution in [0.3, 0.4) is 0 Å². The van der Waals surface area contributed by atoms with Gasteiger partial charge in [0.2, 0.25) is 0 Å². The van der Waals surface area contributed by atoms with E-state index in [1.807, 2.05) is 12.1 Å². The molecule has 23 heavy (non-hydrogen) atoms. The Morgan fingerprint density at radius 3 is 2.35 bits per heavy atom. The fourth-order valence-electron chi connectivity index (χ4n) is 3.33. The smallest absolute Gasteiger partial charge is 0.270 e. The molecule has 0 aliphatic heterocycles. The summed E-state index contributed by atoms with van der Waals surface area (Å²) < 4.78 is 30.5. The van der Waals surface area contributed by atoms with E-state index in [0.717, 1.165) is 38.4 Å². The highest BCUT2D eigenvalue weighted by atomic mass is 19.3. The van der Waals surface area contributed by atoms with Crippen LogP contribution < -0.4 is 0 Å². The number of rotatable bonds is 8. The number of unbranched alkanes of at least 4 members (excludes halogenated alkanes) is 3. The predicted octanol–water partition coefficient (Wildman–Crippen LogP) is 6.55. The minimum Gasteiger partial charge on any atom is -0.378 e. The molecule has 3 heteroatoms. The first-order valence-electron chi connectivity index (χ1n) is 8.93. The van der Waals surface area contributed by atoms with Crippen molar-refractivity contribution >= 4 is 6.08 Å². The summed E-state index contributed by atoms with van der Waals surface area (Å²) >= 11 is 0. The van der Waals surface area contributed by atoms with Crippen molar-refractivity contribution in [3.8, 4) is 0 Å². The normalized spacial score (nSPS) is 21.2. The molecule has 0 saturated heterocycles. The molecule has 0 amide bonds. The second-order valence-corrected chi connectivity index (χ2v) is 6.51. The lowest BCUT2D eigenvalue weighted by Crippen LogP contribution is -2.21. The van der Waals surface area contributed by atoms with E-state index in [2.05, 4.69) is 6.92 Å². The molecule has 128 valence electrons. The monoisotopic (exact) mass is 322 g/mol. The minimum atomic E-state index is -1.64. The SMILES string of the molecule is CCCCCCO[C@H]1CC[C@H](c2ccc(C=C(F)F)cc2)CC1. The van der Waals surface area contributed by atoms with E-state index in [1.54, 1.807) is 12.1 Å². The zero-order valence-corrected chi connectivity index (χ0v) is 14.1. The fourth-order valence-corrected chi connectivity index (χ4v) is 3.33. The molecule has 1 nitrogen and oxygen atoms in total. The lowest BCUT2D eigenvalue weighted by molar-refractivity contribution is 0.0226. The zero-order valence-electron chi connectivity index (χ0n) is 14.1. The van der Waals surface area contributed by atoms with Gasteiger partial charge in [0.05, 0.1) is 6.10 Å². The van der Waals surface area contributed by atoms with Crippen molar-refractivity contribution in [1.82, 2.24) is 0 Å². The first-order chi connectivity index (χ1) is 11.2. The van der Waals surface area contributed by atoms with Gasteiger partial charge in [-0.2, -0.15) is 8.78 Å². The van der Waals surface area contributed by atoms with Gasteiger partial charge in [-0.25, -0.2) is 0 Å². The maximum Gasteiger partial charge on any atom is 0.270 e. The molecule has 0 aromatic heterocycles. The highest BCUT2D eigenvalue weighted by Crippen LogP contribution is 2.34. The highest BCUT2D eigenvalue weighted by molar-refractivity contribution is 5.50. The van der Waals surface area contributed by atoms with Gasteiger partial charge in [0.25, 0.3) is 6.08 Å². The molecule has 0 N–H and O–H groups in total. The summed E-state index contributed by atoms with van der Waals surface area (Å²) in [6.45, 7) is 3.12. The standard InChI is InChI=1S/C20H28F2O/c1-2-3-4-5-14-23-19-12-10-18(11-13-19)17-8-6-16(7-9-17)15-20(21)22/h6-9,15,18-19H,2-5,10-14H2,1H3/t18-,19-. The van der Waals surface area contributed by atoms with Gasteiger partial charge < -0.3 is 4.74 Å². The van der Waals surface area contributed by atoms with Gasteiger partial charge in [0.15, 0.2) is 0 Å². The minimum absolute atomic E-state index is 0.413. The van der Waals surface area contributed by atoms with Gasteiger partial charge in [-0.15, -0.1) is 0 Å². The Hall–Kier alpha value is -1.22. The first-order valence-corrected chi connectivity index (χ1v) is 8.93. The van der Waals surface area contributed by atoms with Gasteiger partial charge in [0.1, 0.15) is 0 Å². The van der Waals surface area contributed by atoms with Gasteiger partial charge in [-0.1, -0.05) is 50.5 Å². The van der Waals surface area contributed by atoms with Crippen molar-refractivity contribution < 1.29 is 13.5 Å². The summed E-state index contributed by atoms with van der Waals surface area (Å²) in [6.07, 6.45) is 9.17. The predicted molar refractivity (Wildman–Crippen MR) is 91.7 cm³/mol. The third-order valence-electron chi connectivity index (χ3n) is 4.71. The Balaban J connectivity index is 1.72. The van der Waals surface area contributed by atoms with Crippen molar-refractivity contribution in [3.05, 3.63) is 41.5 Å². The molecule has 1 aliphatic rings. The molecule has 0 spiro atoms. The molecule has 0 heterocycles. The molecule has 1 fully saturated rings. The Labute approximate surface area is 138 Å². The Bertz CT molecular complexity index is 469. The van der Waals surface area contributed by atoms with Crippen LogP contribution in [0.1, 0.15) is 75.3 Å². The molecule has 1 saturated carbocycles. The zero-order chi connectivity index (χ0) is 16.5. The van der Waals surface area contributed by atoms with Crippen LogP contribution in [-0.2, 0) is 4.74 Å². The van der Waals surface area contributed by atoms with Gasteiger partial charge in [-0.3, -0.25) is 0 Å². The average molecular weight is 322 g/mol. The van der Waals surface area contributed by atoms with Crippen LogP contribution in [0.4, 0.5) is 8.78 Å². The molecule has 0 radical (unpaired) electrons. The van der Waals surface area contributed by atoms with Crippen molar-refractivity contribution in [2.75, 3.05) is 6.61 Å². The van der Waals surface area contributed by atoms with E-state index in [9.17, 15) is 8.78 Å². The van der Waals surface area contributed by atoms with Gasteiger partial charge >= 0.3 is 0 Å². The summed E-state index contributed by atoms with van der Waals surface area (Å²) in [5.41, 5.74) is 1.83. The van der Waals surface area contributed by atoms with Crippen LogP contribution in [0.15, 0.2) is 30.3 Å². The number of hydrogen-bond donors (Lipinski definition) is 0. The molecule has 0 atom stereocenters. The topological polar surface area (TPSA) is 9.23 Å². The Morgan fingerprint density at radius 1 is 1.04 bits per heavy atom. The number of halogens is 2. The van der Waals surface area contributed by atoms with E-state index in [0.29, 0.717) is 17.6 Å². The van der Waals surface area contributed by atoms with E-state index >= 15 is 0 Å². The summed E-state index contributed by atoms with van der Waals surface area (Å²) in [4.78, 5) is 0. The van der Waals surface area contributed by atoms with Crippen LogP contribution in [0.5, 0.6) is 0 Å². The van der Waals surface area contributed by atoms with E-state index < -0.39 is 6.08 Å². The summed E-state index contributed by atoms with van der Waals surface area (Å²) in [5, 5.41) is 0. The van der Waals surface area contributed by atoms with Crippen molar-refractivity contribution in [3.63, 3.8) is 0 Å². The molecule has 1 aromatic rings. The summed E-state index contributed by atoms with van der Waals surface area (Å²) in [5.74, 6) is 0.545. The lowest BCUT2D eigenvalue weighted by atomic mass is 9.82. The quantitative estimate of drug-likeness (QED) is 0.493. The van der Waals surface area contributed by atoms with Crippen LogP contribution in [-0.4, -0.2) is 12.7 Å². The number of hydrogen-bond acceptors (Lipinski definition) is 1. The largest absolute Gasteiger partial charge is 0.378 e. The summed E-state index contributed by atoms with van der Waals surface area (Å²) in [7, 11) is 0. The Kier molecular flexibility index (Phi) is 7.73. The first kappa shape index (κ1) is 18.1. The maximum absolute atomic E-state index is 12.2. The van der Waals surface area contributed by atoms with Crippen molar-refractivity contribution in [2.45, 2.75) is 70.3 Å². The second kappa shape index (κ2) is 9.82. The number of ether oxygens (including phenoxy) is 1. The van der Waals surface area contributed by atoms with Crippen molar-refractivity contribution in [2.24, 2.45) is 0 Å². The molecule has 1 aliphatic carbocycles. The summed E-state index contributed by atoms with van der Waals surface area (Å²) in [6, 6.07) is 7.55. The van der Waals surface area contributed by atoms with Gasteiger partial charge in [-0.05, 0) is 49.1 Å². The Morgan fingerprint density at radius 2 is 1.74 bits per heavy atom. The third kappa shape index (κ3) is 6.42. The van der Waals surface area contributed by atoms with Crippen LogP contribution in [0.25, 0.3) is 6.08 Å². The number of benzene rings is 1. The average Bonchev–Trinajstić information content (AvgIpc) is 2.55. The second-order valence-electron chi connectivity index (χ2n) is 6.51. The lowest BCUT2D eigenvalue weighted by Gasteiger charge is -2.29. The van der Waals surface area contributed by atoms with Crippen LogP contribution in [0.2, 0.25) is 0 Å². The third-order valence-corrected chi connectivity index (χ3v) is 4.71. The highest BCUT2D eigenvalue weighted by Gasteiger charge is 2.22. The molecular formula is C20H28F2O. The molecule has 1 aromatic carbocycles. The fraction of sp³-hybridized carbons (Fsp3) is 0.600. The molecular weight excluding hydrogens is 294 g/mol.